The molecular formula is C38H22N8. The van der Waals surface area contributed by atoms with E-state index in [0.29, 0.717) is 47.0 Å². The molecule has 3 aromatic carbocycles. The van der Waals surface area contributed by atoms with Gasteiger partial charge in [0.05, 0.1) is 35.7 Å². The predicted octanol–water partition coefficient (Wildman–Crippen LogP) is 7.25. The Hall–Kier alpha value is -6.74. The Morgan fingerprint density at radius 2 is 0.935 bits per heavy atom. The van der Waals surface area contributed by atoms with Crippen LogP contribution in [0.1, 0.15) is 24.5 Å². The molecule has 0 spiro atoms. The maximum absolute atomic E-state index is 10.3. The lowest BCUT2D eigenvalue weighted by molar-refractivity contribution is 0.635. The summed E-state index contributed by atoms with van der Waals surface area (Å²) in [5.41, 5.74) is 1.96. The number of nitriles is 4. The maximum Gasteiger partial charge on any atom is 0.153 e. The fraction of sp³-hybridized carbons (Fsp3) is 0.105. The van der Waals surface area contributed by atoms with Crippen molar-refractivity contribution in [2.75, 3.05) is 0 Å². The number of benzene rings is 3. The van der Waals surface area contributed by atoms with E-state index in [1.54, 1.807) is 48.8 Å². The molecule has 0 saturated heterocycles. The maximum atomic E-state index is 10.3. The molecular weight excluding hydrogens is 568 g/mol. The Morgan fingerprint density at radius 3 is 1.24 bits per heavy atom. The van der Waals surface area contributed by atoms with Crippen LogP contribution in [0.15, 0.2) is 121 Å². The van der Waals surface area contributed by atoms with Crippen LogP contribution in [0.2, 0.25) is 0 Å². The van der Waals surface area contributed by atoms with Crippen LogP contribution in [-0.4, -0.2) is 19.9 Å². The molecule has 2 aliphatic carbocycles. The third-order valence-electron chi connectivity index (χ3n) is 8.59. The number of hydrogen-bond donors (Lipinski definition) is 0. The Labute approximate surface area is 264 Å². The molecule has 0 saturated carbocycles. The molecule has 2 atom stereocenters. The molecule has 0 fully saturated rings. The van der Waals surface area contributed by atoms with Gasteiger partial charge in [-0.3, -0.25) is 0 Å². The highest BCUT2D eigenvalue weighted by molar-refractivity contribution is 6.20. The van der Waals surface area contributed by atoms with Crippen molar-refractivity contribution in [2.45, 2.75) is 23.7 Å². The molecule has 8 heteroatoms. The molecule has 2 unspecified atom stereocenters. The van der Waals surface area contributed by atoms with Gasteiger partial charge < -0.3 is 0 Å². The lowest BCUT2D eigenvalue weighted by atomic mass is 9.80. The van der Waals surface area contributed by atoms with E-state index in [1.165, 1.54) is 0 Å². The molecule has 0 radical (unpaired) electrons. The molecule has 0 amide bonds. The summed E-state index contributed by atoms with van der Waals surface area (Å²) < 4.78 is 0. The summed E-state index contributed by atoms with van der Waals surface area (Å²) in [6, 6.07) is 28.8. The van der Waals surface area contributed by atoms with Crippen molar-refractivity contribution in [1.82, 2.24) is 19.9 Å². The second-order valence-electron chi connectivity index (χ2n) is 11.2. The SMILES string of the molecule is N#CC1=CCC(C#N)(c2nccc(-c3c4ccccc4c(-c4ccnc(C5(C#N)C=CC(C#N)=CC5)n4)c4ccccc34)n2)C=C1. The first-order chi connectivity index (χ1) is 22.5. The van der Waals surface area contributed by atoms with Gasteiger partial charge in [0.15, 0.2) is 11.6 Å². The van der Waals surface area contributed by atoms with Gasteiger partial charge in [0.25, 0.3) is 0 Å². The van der Waals surface area contributed by atoms with E-state index in [0.717, 1.165) is 32.7 Å². The molecule has 7 rings (SSSR count). The molecule has 5 aromatic rings. The van der Waals surface area contributed by atoms with Crippen LogP contribution < -0.4 is 0 Å². The van der Waals surface area contributed by atoms with E-state index in [1.807, 2.05) is 60.7 Å². The normalized spacial score (nSPS) is 20.2. The molecule has 0 bridgehead atoms. The first-order valence-corrected chi connectivity index (χ1v) is 14.6. The third-order valence-corrected chi connectivity index (χ3v) is 8.59. The van der Waals surface area contributed by atoms with Crippen LogP contribution >= 0.6 is 0 Å². The summed E-state index contributed by atoms with van der Waals surface area (Å²) in [5.74, 6) is 0.733. The average Bonchev–Trinajstić information content (AvgIpc) is 3.13. The second kappa shape index (κ2) is 11.1. The summed E-state index contributed by atoms with van der Waals surface area (Å²) in [6.45, 7) is 0. The van der Waals surface area contributed by atoms with Crippen molar-refractivity contribution >= 4 is 21.5 Å². The van der Waals surface area contributed by atoms with Crippen molar-refractivity contribution in [2.24, 2.45) is 0 Å². The second-order valence-corrected chi connectivity index (χ2v) is 11.2. The zero-order valence-corrected chi connectivity index (χ0v) is 24.4. The van der Waals surface area contributed by atoms with Crippen molar-refractivity contribution < 1.29 is 0 Å². The summed E-state index contributed by atoms with van der Waals surface area (Å²) >= 11 is 0. The Kier molecular flexibility index (Phi) is 6.75. The molecule has 0 N–H and O–H groups in total. The fourth-order valence-corrected chi connectivity index (χ4v) is 6.15. The Morgan fingerprint density at radius 1 is 0.543 bits per heavy atom. The molecule has 46 heavy (non-hydrogen) atoms. The standard InChI is InChI=1S/C38H22N8/c39-21-25-9-15-37(23-41,16-10-25)35-43-19-13-31(45-35)33-27-5-1-2-6-28(27)34(30-8-4-3-7-29(30)33)32-14-20-44-36(46-32)38(24-42)17-11-26(22-40)12-18-38/h1-15,17,19-20H,16,18H2. The molecule has 2 heterocycles. The van der Waals surface area contributed by atoms with Crippen molar-refractivity contribution in [1.29, 1.82) is 21.0 Å². The van der Waals surface area contributed by atoms with E-state index >= 15 is 0 Å². The summed E-state index contributed by atoms with van der Waals surface area (Å²) in [7, 11) is 0. The van der Waals surface area contributed by atoms with Crippen LogP contribution in [0.5, 0.6) is 0 Å². The number of aromatic nitrogens is 4. The molecule has 0 aliphatic heterocycles. The van der Waals surface area contributed by atoms with Crippen LogP contribution in [0.3, 0.4) is 0 Å². The number of hydrogen-bond acceptors (Lipinski definition) is 8. The van der Waals surface area contributed by atoms with Crippen LogP contribution in [-0.2, 0) is 10.8 Å². The summed E-state index contributed by atoms with van der Waals surface area (Å²) in [5, 5.41) is 42.9. The van der Waals surface area contributed by atoms with E-state index in [4.69, 9.17) is 9.97 Å². The van der Waals surface area contributed by atoms with Gasteiger partial charge in [-0.1, -0.05) is 72.8 Å². The van der Waals surface area contributed by atoms with E-state index in [2.05, 4.69) is 34.2 Å². The average molecular weight is 591 g/mol. The minimum absolute atomic E-state index is 0.301. The van der Waals surface area contributed by atoms with E-state index in [9.17, 15) is 21.0 Å². The third kappa shape index (κ3) is 4.42. The Bertz CT molecular complexity index is 2160. The number of allylic oxidation sites excluding steroid dienone is 8. The van der Waals surface area contributed by atoms with Gasteiger partial charge >= 0.3 is 0 Å². The summed E-state index contributed by atoms with van der Waals surface area (Å²) in [6.07, 6.45) is 14.2. The van der Waals surface area contributed by atoms with Gasteiger partial charge in [-0.25, -0.2) is 19.9 Å². The molecule has 2 aliphatic rings. The first-order valence-electron chi connectivity index (χ1n) is 14.6. The number of fused-ring (bicyclic) bond motifs is 2. The minimum Gasteiger partial charge on any atom is -0.239 e. The van der Waals surface area contributed by atoms with Gasteiger partial charge in [-0.05, 0) is 58.7 Å². The van der Waals surface area contributed by atoms with Crippen molar-refractivity contribution in [3.8, 4) is 46.8 Å². The van der Waals surface area contributed by atoms with Crippen LogP contribution in [0.4, 0.5) is 0 Å². The molecule has 8 nitrogen and oxygen atoms in total. The quantitative estimate of drug-likeness (QED) is 0.199. The molecule has 214 valence electrons. The predicted molar refractivity (Wildman–Crippen MR) is 173 cm³/mol. The minimum atomic E-state index is -1.09. The first kappa shape index (κ1) is 28.1. The van der Waals surface area contributed by atoms with Crippen molar-refractivity contribution in [3.63, 3.8) is 0 Å². The number of rotatable bonds is 4. The lowest BCUT2D eigenvalue weighted by Gasteiger charge is -2.24. The fourth-order valence-electron chi connectivity index (χ4n) is 6.15. The molecule has 2 aromatic heterocycles. The van der Waals surface area contributed by atoms with Gasteiger partial charge in [0, 0.05) is 34.7 Å². The van der Waals surface area contributed by atoms with Gasteiger partial charge in [-0.15, -0.1) is 0 Å². The highest BCUT2D eigenvalue weighted by atomic mass is 14.9. The topological polar surface area (TPSA) is 147 Å². The highest BCUT2D eigenvalue weighted by Crippen LogP contribution is 2.43. The van der Waals surface area contributed by atoms with Gasteiger partial charge in [0.1, 0.15) is 10.8 Å². The van der Waals surface area contributed by atoms with Gasteiger partial charge in [0.2, 0.25) is 0 Å². The highest BCUT2D eigenvalue weighted by Gasteiger charge is 2.35. The number of nitrogens with zero attached hydrogens (tertiary/aromatic N) is 8. The van der Waals surface area contributed by atoms with Crippen LogP contribution in [0, 0.1) is 45.3 Å². The monoisotopic (exact) mass is 590 g/mol. The van der Waals surface area contributed by atoms with Crippen LogP contribution in [0.25, 0.3) is 44.1 Å². The van der Waals surface area contributed by atoms with E-state index < -0.39 is 10.8 Å². The Balaban J connectivity index is 1.44. The van der Waals surface area contributed by atoms with E-state index in [-0.39, 0.29) is 0 Å². The van der Waals surface area contributed by atoms with Gasteiger partial charge in [-0.2, -0.15) is 21.0 Å². The smallest absolute Gasteiger partial charge is 0.153 e. The summed E-state index contributed by atoms with van der Waals surface area (Å²) in [4.78, 5) is 19.0. The lowest BCUT2D eigenvalue weighted by Crippen LogP contribution is -2.25. The zero-order valence-electron chi connectivity index (χ0n) is 24.4. The van der Waals surface area contributed by atoms with Crippen molar-refractivity contribution in [3.05, 3.63) is 132 Å². The zero-order chi connectivity index (χ0) is 31.7. The largest absolute Gasteiger partial charge is 0.239 e.